The minimum absolute atomic E-state index is 0.00921. The second kappa shape index (κ2) is 3.65. The van der Waals surface area contributed by atoms with Crippen molar-refractivity contribution in [2.75, 3.05) is 0 Å². The van der Waals surface area contributed by atoms with Gasteiger partial charge in [0.25, 0.3) is 5.69 Å². The zero-order chi connectivity index (χ0) is 12.6. The van der Waals surface area contributed by atoms with Crippen LogP contribution in [0.1, 0.15) is 5.56 Å². The first-order valence-corrected chi connectivity index (χ1v) is 4.44. The lowest BCUT2D eigenvalue weighted by Gasteiger charge is -2.04. The molecule has 0 aliphatic carbocycles. The van der Waals surface area contributed by atoms with Crippen LogP contribution in [0.15, 0.2) is 12.1 Å². The molecule has 0 atom stereocenters. The fourth-order valence-corrected chi connectivity index (χ4v) is 1.45. The van der Waals surface area contributed by atoms with Crippen molar-refractivity contribution in [2.24, 2.45) is 0 Å². The van der Waals surface area contributed by atoms with Crippen molar-refractivity contribution in [2.45, 2.75) is 12.7 Å². The molecule has 0 saturated heterocycles. The first kappa shape index (κ1) is 11.2. The van der Waals surface area contributed by atoms with Crippen LogP contribution in [0.2, 0.25) is 0 Å². The van der Waals surface area contributed by atoms with E-state index in [1.54, 1.807) is 0 Å². The molecule has 8 heteroatoms. The molecule has 0 aromatic heterocycles. The number of hydrogen-bond acceptors (Lipinski definition) is 5. The lowest BCUT2D eigenvalue weighted by molar-refractivity contribution is -0.385. The van der Waals surface area contributed by atoms with Crippen molar-refractivity contribution >= 4 is 12.0 Å². The van der Waals surface area contributed by atoms with E-state index in [4.69, 9.17) is 0 Å². The quantitative estimate of drug-likeness (QED) is 0.459. The van der Waals surface area contributed by atoms with Crippen LogP contribution in [-0.2, 0) is 11.2 Å². The summed E-state index contributed by atoms with van der Waals surface area (Å²) in [6, 6.07) is 1.82. The molecule has 1 aromatic rings. The fraction of sp³-hybridized carbons (Fsp3) is 0.222. The van der Waals surface area contributed by atoms with Crippen LogP contribution in [-0.4, -0.2) is 17.5 Å². The lowest BCUT2D eigenvalue weighted by atomic mass is 10.1. The zero-order valence-electron chi connectivity index (χ0n) is 8.18. The van der Waals surface area contributed by atoms with Crippen LogP contribution in [0, 0.1) is 10.1 Å². The van der Waals surface area contributed by atoms with Crippen molar-refractivity contribution in [3.63, 3.8) is 0 Å². The number of aldehydes is 1. The van der Waals surface area contributed by atoms with E-state index in [0.29, 0.717) is 6.29 Å². The van der Waals surface area contributed by atoms with E-state index in [-0.39, 0.29) is 17.7 Å². The number of carbonyl (C=O) groups is 1. The van der Waals surface area contributed by atoms with Crippen LogP contribution < -0.4 is 9.47 Å². The predicted molar refractivity (Wildman–Crippen MR) is 49.1 cm³/mol. The third-order valence-electron chi connectivity index (χ3n) is 2.10. The van der Waals surface area contributed by atoms with Gasteiger partial charge in [0.2, 0.25) is 0 Å². The fourth-order valence-electron chi connectivity index (χ4n) is 1.45. The Morgan fingerprint density at radius 2 is 1.94 bits per heavy atom. The molecule has 1 aromatic carbocycles. The van der Waals surface area contributed by atoms with Crippen molar-refractivity contribution in [1.82, 2.24) is 0 Å². The molecule has 2 rings (SSSR count). The number of fused-ring (bicyclic) bond motifs is 1. The Bertz CT molecular complexity index is 502. The highest BCUT2D eigenvalue weighted by Gasteiger charge is 2.44. The smallest absolute Gasteiger partial charge is 0.395 e. The molecule has 0 saturated carbocycles. The van der Waals surface area contributed by atoms with Crippen LogP contribution in [0.5, 0.6) is 11.5 Å². The number of nitro benzene ring substituents is 1. The molecule has 1 aliphatic rings. The Morgan fingerprint density at radius 1 is 1.35 bits per heavy atom. The second-order valence-electron chi connectivity index (χ2n) is 3.22. The lowest BCUT2D eigenvalue weighted by Crippen LogP contribution is -2.25. The zero-order valence-corrected chi connectivity index (χ0v) is 8.18. The summed E-state index contributed by atoms with van der Waals surface area (Å²) in [6.07, 6.45) is -3.67. The van der Waals surface area contributed by atoms with Crippen LogP contribution in [0.3, 0.4) is 0 Å². The van der Waals surface area contributed by atoms with E-state index >= 15 is 0 Å². The third-order valence-corrected chi connectivity index (χ3v) is 2.10. The number of ether oxygens (including phenoxy) is 2. The summed E-state index contributed by atoms with van der Waals surface area (Å²) in [7, 11) is 0. The molecular formula is C9H5F2NO5. The second-order valence-corrected chi connectivity index (χ2v) is 3.22. The Kier molecular flexibility index (Phi) is 2.41. The van der Waals surface area contributed by atoms with E-state index in [1.807, 2.05) is 0 Å². The van der Waals surface area contributed by atoms with Gasteiger partial charge in [-0.2, -0.15) is 0 Å². The maximum atomic E-state index is 12.7. The molecule has 6 nitrogen and oxygen atoms in total. The van der Waals surface area contributed by atoms with Gasteiger partial charge in [0.15, 0.2) is 11.5 Å². The number of halogens is 2. The van der Waals surface area contributed by atoms with Crippen molar-refractivity contribution in [1.29, 1.82) is 0 Å². The number of nitrogens with zero attached hydrogens (tertiary/aromatic N) is 1. The number of carbonyl (C=O) groups excluding carboxylic acids is 1. The Balaban J connectivity index is 2.50. The number of hydrogen-bond donors (Lipinski definition) is 0. The Morgan fingerprint density at radius 3 is 2.47 bits per heavy atom. The van der Waals surface area contributed by atoms with Crippen molar-refractivity contribution < 1.29 is 28.0 Å². The molecule has 90 valence electrons. The molecule has 17 heavy (non-hydrogen) atoms. The van der Waals surface area contributed by atoms with Gasteiger partial charge in [-0.3, -0.25) is 10.1 Å². The summed E-state index contributed by atoms with van der Waals surface area (Å²) in [5.41, 5.74) is -0.470. The first-order valence-electron chi connectivity index (χ1n) is 4.44. The molecule has 0 bridgehead atoms. The molecule has 0 radical (unpaired) electrons. The van der Waals surface area contributed by atoms with Gasteiger partial charge < -0.3 is 14.3 Å². The Hall–Kier alpha value is -2.25. The first-order chi connectivity index (χ1) is 7.93. The van der Waals surface area contributed by atoms with Crippen molar-refractivity contribution in [3.05, 3.63) is 27.8 Å². The summed E-state index contributed by atoms with van der Waals surface area (Å²) >= 11 is 0. The van der Waals surface area contributed by atoms with Gasteiger partial charge in [-0.1, -0.05) is 0 Å². The van der Waals surface area contributed by atoms with E-state index in [9.17, 15) is 23.7 Å². The van der Waals surface area contributed by atoms with E-state index in [2.05, 4.69) is 9.47 Å². The SMILES string of the molecule is O=CCc1cc2c(cc1[N+](=O)[O-])OC(F)(F)O2. The molecular weight excluding hydrogens is 240 g/mol. The minimum Gasteiger partial charge on any atom is -0.395 e. The summed E-state index contributed by atoms with van der Waals surface area (Å²) in [4.78, 5) is 20.2. The van der Waals surface area contributed by atoms with Crippen LogP contribution in [0.4, 0.5) is 14.5 Å². The topological polar surface area (TPSA) is 78.7 Å². The van der Waals surface area contributed by atoms with Crippen LogP contribution >= 0.6 is 0 Å². The standard InChI is InChI=1S/C9H5F2NO5/c10-9(11)16-7-3-5(1-2-13)6(12(14)15)4-8(7)17-9/h2-4H,1H2. The Labute approximate surface area is 92.9 Å². The van der Waals surface area contributed by atoms with E-state index in [1.165, 1.54) is 0 Å². The predicted octanol–water partition coefficient (Wildman–Crippen LogP) is 1.66. The van der Waals surface area contributed by atoms with Gasteiger partial charge in [0.05, 0.1) is 11.0 Å². The summed E-state index contributed by atoms with van der Waals surface area (Å²) in [6.45, 7) is 0. The van der Waals surface area contributed by atoms with Crippen molar-refractivity contribution in [3.8, 4) is 11.5 Å². The summed E-state index contributed by atoms with van der Waals surface area (Å²) in [5.74, 6) is -0.742. The number of alkyl halides is 2. The van der Waals surface area contributed by atoms with Gasteiger partial charge >= 0.3 is 6.29 Å². The number of nitro groups is 1. The molecule has 0 spiro atoms. The highest BCUT2D eigenvalue weighted by atomic mass is 19.3. The van der Waals surface area contributed by atoms with Gasteiger partial charge in [0, 0.05) is 12.0 Å². The normalized spacial score (nSPS) is 15.6. The van der Waals surface area contributed by atoms with Gasteiger partial charge in [-0.25, -0.2) is 0 Å². The molecule has 0 fully saturated rings. The third kappa shape index (κ3) is 2.01. The van der Waals surface area contributed by atoms with Gasteiger partial charge in [-0.15, -0.1) is 8.78 Å². The highest BCUT2D eigenvalue weighted by Crippen LogP contribution is 2.44. The molecule has 0 amide bonds. The highest BCUT2D eigenvalue weighted by molar-refractivity contribution is 5.63. The van der Waals surface area contributed by atoms with E-state index in [0.717, 1.165) is 12.1 Å². The maximum Gasteiger partial charge on any atom is 0.586 e. The molecule has 0 N–H and O–H groups in total. The summed E-state index contributed by atoms with van der Waals surface area (Å²) < 4.78 is 33.6. The minimum atomic E-state index is -3.84. The average molecular weight is 245 g/mol. The maximum absolute atomic E-state index is 12.7. The molecule has 0 unspecified atom stereocenters. The van der Waals surface area contributed by atoms with Crippen LogP contribution in [0.25, 0.3) is 0 Å². The molecule has 1 heterocycles. The monoisotopic (exact) mass is 245 g/mol. The molecule has 1 aliphatic heterocycles. The van der Waals surface area contributed by atoms with Gasteiger partial charge in [-0.05, 0) is 6.07 Å². The number of rotatable bonds is 3. The summed E-state index contributed by atoms with van der Waals surface area (Å²) in [5, 5.41) is 10.7. The van der Waals surface area contributed by atoms with Gasteiger partial charge in [0.1, 0.15) is 6.29 Å². The average Bonchev–Trinajstić information content (AvgIpc) is 2.50. The number of benzene rings is 1. The largest absolute Gasteiger partial charge is 0.586 e. The van der Waals surface area contributed by atoms with E-state index < -0.39 is 22.7 Å².